The minimum Gasteiger partial charge on any atom is -0.497 e. The molecule has 1 fully saturated rings. The quantitative estimate of drug-likeness (QED) is 0.748. The number of hydrogen-bond donors (Lipinski definition) is 0. The zero-order valence-electron chi connectivity index (χ0n) is 11.6. The highest BCUT2D eigenvalue weighted by Gasteiger charge is 2.34. The SMILES string of the molecule is COc1ccc(CN2CC(C(=O)N(C)OC)C2)cc1. The molecule has 2 rings (SSSR count). The van der Waals surface area contributed by atoms with Crippen molar-refractivity contribution in [3.05, 3.63) is 29.8 Å². The number of carbonyl (C=O) groups excluding carboxylic acids is 1. The molecule has 0 unspecified atom stereocenters. The molecule has 0 N–H and O–H groups in total. The van der Waals surface area contributed by atoms with E-state index in [0.29, 0.717) is 0 Å². The predicted molar refractivity (Wildman–Crippen MR) is 71.5 cm³/mol. The number of likely N-dealkylation sites (tertiary alicyclic amines) is 1. The molecule has 0 radical (unpaired) electrons. The van der Waals surface area contributed by atoms with Crippen molar-refractivity contribution in [2.45, 2.75) is 6.54 Å². The Labute approximate surface area is 113 Å². The molecule has 1 aromatic carbocycles. The Bertz CT molecular complexity index is 427. The van der Waals surface area contributed by atoms with Crippen molar-refractivity contribution >= 4 is 5.91 Å². The van der Waals surface area contributed by atoms with E-state index >= 15 is 0 Å². The Morgan fingerprint density at radius 2 is 1.95 bits per heavy atom. The number of methoxy groups -OCH3 is 1. The molecule has 5 nitrogen and oxygen atoms in total. The summed E-state index contributed by atoms with van der Waals surface area (Å²) in [4.78, 5) is 18.9. The summed E-state index contributed by atoms with van der Waals surface area (Å²) in [6.45, 7) is 2.45. The highest BCUT2D eigenvalue weighted by Crippen LogP contribution is 2.21. The Morgan fingerprint density at radius 3 is 2.47 bits per heavy atom. The lowest BCUT2D eigenvalue weighted by molar-refractivity contribution is -0.178. The lowest BCUT2D eigenvalue weighted by atomic mass is 9.98. The molecule has 1 aromatic rings. The molecular weight excluding hydrogens is 244 g/mol. The molecule has 1 aliphatic heterocycles. The van der Waals surface area contributed by atoms with Crippen LogP contribution in [-0.2, 0) is 16.2 Å². The first-order valence-corrected chi connectivity index (χ1v) is 6.31. The monoisotopic (exact) mass is 264 g/mol. The summed E-state index contributed by atoms with van der Waals surface area (Å²) >= 11 is 0. The van der Waals surface area contributed by atoms with E-state index in [0.717, 1.165) is 25.4 Å². The Hall–Kier alpha value is -1.59. The smallest absolute Gasteiger partial charge is 0.251 e. The Balaban J connectivity index is 1.79. The van der Waals surface area contributed by atoms with Gasteiger partial charge in [0, 0.05) is 26.7 Å². The fourth-order valence-corrected chi connectivity index (χ4v) is 2.19. The standard InChI is InChI=1S/C14H20N2O3/c1-15(19-3)14(17)12-9-16(10-12)8-11-4-6-13(18-2)7-5-11/h4-7,12H,8-10H2,1-3H3. The van der Waals surface area contributed by atoms with Gasteiger partial charge in [-0.15, -0.1) is 0 Å². The van der Waals surface area contributed by atoms with Crippen molar-refractivity contribution in [3.8, 4) is 5.75 Å². The predicted octanol–water partition coefficient (Wildman–Crippen LogP) is 1.15. The average molecular weight is 264 g/mol. The lowest BCUT2D eigenvalue weighted by Crippen LogP contribution is -2.53. The van der Waals surface area contributed by atoms with Crippen molar-refractivity contribution < 1.29 is 14.4 Å². The van der Waals surface area contributed by atoms with Gasteiger partial charge in [0.05, 0.1) is 20.1 Å². The van der Waals surface area contributed by atoms with Crippen LogP contribution >= 0.6 is 0 Å². The van der Waals surface area contributed by atoms with E-state index < -0.39 is 0 Å². The fourth-order valence-electron chi connectivity index (χ4n) is 2.19. The number of ether oxygens (including phenoxy) is 1. The first kappa shape index (κ1) is 13.8. The van der Waals surface area contributed by atoms with Crippen molar-refractivity contribution in [2.24, 2.45) is 5.92 Å². The second-order valence-electron chi connectivity index (χ2n) is 4.76. The van der Waals surface area contributed by atoms with E-state index in [2.05, 4.69) is 17.0 Å². The fraction of sp³-hybridized carbons (Fsp3) is 0.500. The minimum atomic E-state index is 0.0495. The molecule has 1 saturated heterocycles. The maximum absolute atomic E-state index is 11.8. The van der Waals surface area contributed by atoms with Gasteiger partial charge in [-0.2, -0.15) is 0 Å². The molecule has 0 atom stereocenters. The van der Waals surface area contributed by atoms with Crippen LogP contribution in [0, 0.1) is 5.92 Å². The first-order valence-electron chi connectivity index (χ1n) is 6.31. The number of amides is 1. The highest BCUT2D eigenvalue weighted by atomic mass is 16.7. The molecule has 0 aliphatic carbocycles. The molecule has 1 heterocycles. The highest BCUT2D eigenvalue weighted by molar-refractivity contribution is 5.78. The molecule has 0 saturated carbocycles. The molecule has 5 heteroatoms. The van der Waals surface area contributed by atoms with E-state index in [1.807, 2.05) is 12.1 Å². The van der Waals surface area contributed by atoms with Crippen molar-refractivity contribution in [1.29, 1.82) is 0 Å². The normalized spacial score (nSPS) is 15.9. The summed E-state index contributed by atoms with van der Waals surface area (Å²) < 4.78 is 5.12. The summed E-state index contributed by atoms with van der Waals surface area (Å²) in [6.07, 6.45) is 0. The molecule has 1 aliphatic rings. The largest absolute Gasteiger partial charge is 0.497 e. The minimum absolute atomic E-state index is 0.0495. The summed E-state index contributed by atoms with van der Waals surface area (Å²) in [5, 5.41) is 1.30. The van der Waals surface area contributed by atoms with Crippen LogP contribution in [0.25, 0.3) is 0 Å². The summed E-state index contributed by atoms with van der Waals surface area (Å²) in [6, 6.07) is 8.01. The summed E-state index contributed by atoms with van der Waals surface area (Å²) in [5.41, 5.74) is 1.23. The topological polar surface area (TPSA) is 42.0 Å². The number of carbonyl (C=O) groups is 1. The lowest BCUT2D eigenvalue weighted by Gasteiger charge is -2.39. The van der Waals surface area contributed by atoms with Gasteiger partial charge in [0.1, 0.15) is 5.75 Å². The molecule has 1 amide bonds. The van der Waals surface area contributed by atoms with Crippen LogP contribution in [-0.4, -0.2) is 50.2 Å². The average Bonchev–Trinajstić information content (AvgIpc) is 2.41. The maximum Gasteiger partial charge on any atom is 0.251 e. The first-order chi connectivity index (χ1) is 9.13. The van der Waals surface area contributed by atoms with E-state index in [9.17, 15) is 4.79 Å². The van der Waals surface area contributed by atoms with Crippen molar-refractivity contribution in [1.82, 2.24) is 9.96 Å². The van der Waals surface area contributed by atoms with Gasteiger partial charge in [-0.3, -0.25) is 14.5 Å². The molecular formula is C14H20N2O3. The van der Waals surface area contributed by atoms with E-state index in [1.54, 1.807) is 14.2 Å². The number of hydroxylamine groups is 2. The molecule has 0 aromatic heterocycles. The molecule has 0 spiro atoms. The van der Waals surface area contributed by atoms with Gasteiger partial charge in [-0.1, -0.05) is 12.1 Å². The second kappa shape index (κ2) is 6.04. The van der Waals surface area contributed by atoms with Crippen LogP contribution in [0.15, 0.2) is 24.3 Å². The second-order valence-corrected chi connectivity index (χ2v) is 4.76. The van der Waals surface area contributed by atoms with Crippen LogP contribution in [0.5, 0.6) is 5.75 Å². The molecule has 104 valence electrons. The van der Waals surface area contributed by atoms with Gasteiger partial charge in [-0.05, 0) is 17.7 Å². The van der Waals surface area contributed by atoms with E-state index in [-0.39, 0.29) is 11.8 Å². The number of nitrogens with zero attached hydrogens (tertiary/aromatic N) is 2. The van der Waals surface area contributed by atoms with Crippen LogP contribution in [0.2, 0.25) is 0 Å². The van der Waals surface area contributed by atoms with E-state index in [4.69, 9.17) is 9.57 Å². The Kier molecular flexibility index (Phi) is 4.39. The maximum atomic E-state index is 11.8. The zero-order valence-corrected chi connectivity index (χ0v) is 11.6. The third-order valence-corrected chi connectivity index (χ3v) is 3.46. The van der Waals surface area contributed by atoms with Gasteiger partial charge in [0.2, 0.25) is 0 Å². The van der Waals surface area contributed by atoms with Gasteiger partial charge in [-0.25, -0.2) is 5.06 Å². The van der Waals surface area contributed by atoms with Crippen molar-refractivity contribution in [3.63, 3.8) is 0 Å². The van der Waals surface area contributed by atoms with Crippen molar-refractivity contribution in [2.75, 3.05) is 34.4 Å². The van der Waals surface area contributed by atoms with Gasteiger partial charge >= 0.3 is 0 Å². The van der Waals surface area contributed by atoms with E-state index in [1.165, 1.54) is 17.7 Å². The number of benzene rings is 1. The Morgan fingerprint density at radius 1 is 1.32 bits per heavy atom. The number of hydrogen-bond acceptors (Lipinski definition) is 4. The van der Waals surface area contributed by atoms with Gasteiger partial charge in [0.25, 0.3) is 5.91 Å². The summed E-state index contributed by atoms with van der Waals surface area (Å²) in [5.74, 6) is 0.971. The van der Waals surface area contributed by atoms with Crippen LogP contribution < -0.4 is 4.74 Å². The molecule has 0 bridgehead atoms. The van der Waals surface area contributed by atoms with Gasteiger partial charge in [0.15, 0.2) is 0 Å². The van der Waals surface area contributed by atoms with Gasteiger partial charge < -0.3 is 4.74 Å². The third-order valence-electron chi connectivity index (χ3n) is 3.46. The third kappa shape index (κ3) is 3.24. The molecule has 19 heavy (non-hydrogen) atoms. The summed E-state index contributed by atoms with van der Waals surface area (Å²) in [7, 11) is 4.81. The van der Waals surface area contributed by atoms with Crippen LogP contribution in [0.4, 0.5) is 0 Å². The van der Waals surface area contributed by atoms with Crippen LogP contribution in [0.3, 0.4) is 0 Å². The zero-order chi connectivity index (χ0) is 13.8. The van der Waals surface area contributed by atoms with Crippen LogP contribution in [0.1, 0.15) is 5.56 Å². The number of rotatable bonds is 5.